The first-order chi connectivity index (χ1) is 16.2. The summed E-state index contributed by atoms with van der Waals surface area (Å²) in [4.78, 5) is 41.9. The molecule has 0 unspecified atom stereocenters. The van der Waals surface area contributed by atoms with Gasteiger partial charge in [-0.25, -0.2) is 0 Å². The molecule has 0 aliphatic carbocycles. The van der Waals surface area contributed by atoms with Gasteiger partial charge in [-0.1, -0.05) is 18.2 Å². The van der Waals surface area contributed by atoms with Gasteiger partial charge >= 0.3 is 0 Å². The third kappa shape index (κ3) is 2.97. The number of ether oxygens (including phenoxy) is 1. The lowest BCUT2D eigenvalue weighted by atomic mass is 9.75. The summed E-state index contributed by atoms with van der Waals surface area (Å²) < 4.78 is 5.10. The van der Waals surface area contributed by atoms with Crippen LogP contribution in [-0.4, -0.2) is 59.1 Å². The average Bonchev–Trinajstić information content (AvgIpc) is 3.37. The van der Waals surface area contributed by atoms with Gasteiger partial charge in [0.15, 0.2) is 11.5 Å². The third-order valence-electron chi connectivity index (χ3n) is 7.53. The zero-order valence-electron chi connectivity index (χ0n) is 19.2. The highest BCUT2D eigenvalue weighted by Crippen LogP contribution is 2.54. The van der Waals surface area contributed by atoms with Crippen LogP contribution in [0.5, 0.6) is 11.5 Å². The van der Waals surface area contributed by atoms with Crippen molar-refractivity contribution in [2.75, 3.05) is 25.6 Å². The highest BCUT2D eigenvalue weighted by molar-refractivity contribution is 6.15. The van der Waals surface area contributed by atoms with Crippen molar-refractivity contribution in [1.29, 1.82) is 0 Å². The first-order valence-corrected chi connectivity index (χ1v) is 11.3. The second-order valence-corrected chi connectivity index (χ2v) is 9.29. The van der Waals surface area contributed by atoms with Crippen LogP contribution in [0.3, 0.4) is 0 Å². The maximum absolute atomic E-state index is 13.6. The number of anilines is 1. The van der Waals surface area contributed by atoms with Gasteiger partial charge in [-0.3, -0.25) is 24.6 Å². The van der Waals surface area contributed by atoms with Crippen LogP contribution in [-0.2, 0) is 31.1 Å². The lowest BCUT2D eigenvalue weighted by Gasteiger charge is -2.29. The normalized spacial score (nSPS) is 27.4. The third-order valence-corrected chi connectivity index (χ3v) is 7.53. The summed E-state index contributed by atoms with van der Waals surface area (Å²) in [5.41, 5.74) is 2.56. The molecule has 3 heterocycles. The van der Waals surface area contributed by atoms with Crippen molar-refractivity contribution >= 4 is 23.4 Å². The standard InChI is InChI=1S/C25H27N3O6/c1-12-4-6-15-21(13(12)2)26-24(33)25(15)20-19(22(31)28(23(20)32)8-9-34-3)16(27-25)10-14-5-7-17(29)18(30)11-14/h4-7,11,16,19-20,27,29-30H,8-10H2,1-3H3,(H,26,33)/t16-,19-,20+,25+/m1/s1. The number of carbonyl (C=O) groups is 3. The van der Waals surface area contributed by atoms with E-state index in [9.17, 15) is 24.6 Å². The second-order valence-electron chi connectivity index (χ2n) is 9.29. The molecule has 0 bridgehead atoms. The number of rotatable bonds is 5. The monoisotopic (exact) mass is 465 g/mol. The molecule has 2 saturated heterocycles. The molecule has 0 radical (unpaired) electrons. The number of amides is 3. The predicted molar refractivity (Wildman–Crippen MR) is 122 cm³/mol. The summed E-state index contributed by atoms with van der Waals surface area (Å²) in [7, 11) is 1.50. The number of nitrogens with zero attached hydrogens (tertiary/aromatic N) is 1. The summed E-state index contributed by atoms with van der Waals surface area (Å²) in [5.74, 6) is -3.27. The zero-order chi connectivity index (χ0) is 24.4. The molecular formula is C25H27N3O6. The minimum atomic E-state index is -1.38. The smallest absolute Gasteiger partial charge is 0.250 e. The maximum Gasteiger partial charge on any atom is 0.250 e. The minimum Gasteiger partial charge on any atom is -0.504 e. The molecule has 2 aromatic rings. The first-order valence-electron chi connectivity index (χ1n) is 11.3. The molecule has 3 aliphatic heterocycles. The summed E-state index contributed by atoms with van der Waals surface area (Å²) in [6, 6.07) is 7.68. The van der Waals surface area contributed by atoms with Crippen molar-refractivity contribution < 1.29 is 29.3 Å². The molecule has 5 rings (SSSR count). The van der Waals surface area contributed by atoms with E-state index in [1.54, 1.807) is 6.07 Å². The van der Waals surface area contributed by atoms with Gasteiger partial charge in [-0.05, 0) is 49.1 Å². The van der Waals surface area contributed by atoms with E-state index in [0.717, 1.165) is 11.1 Å². The van der Waals surface area contributed by atoms with Crippen molar-refractivity contribution in [3.05, 3.63) is 52.6 Å². The second kappa shape index (κ2) is 7.82. The number of benzene rings is 2. The Hall–Kier alpha value is -3.43. The van der Waals surface area contributed by atoms with Gasteiger partial charge in [0, 0.05) is 24.4 Å². The largest absolute Gasteiger partial charge is 0.504 e. The molecule has 0 saturated carbocycles. The van der Waals surface area contributed by atoms with Crippen LogP contribution in [0.1, 0.15) is 22.3 Å². The van der Waals surface area contributed by atoms with E-state index < -0.39 is 29.3 Å². The van der Waals surface area contributed by atoms with Crippen LogP contribution in [0, 0.1) is 25.7 Å². The number of aryl methyl sites for hydroxylation is 1. The number of methoxy groups -OCH3 is 1. The van der Waals surface area contributed by atoms with E-state index in [1.807, 2.05) is 26.0 Å². The number of hydrogen-bond donors (Lipinski definition) is 4. The van der Waals surface area contributed by atoms with E-state index in [0.29, 0.717) is 16.8 Å². The first kappa shape index (κ1) is 22.4. The van der Waals surface area contributed by atoms with Crippen molar-refractivity contribution in [3.63, 3.8) is 0 Å². The topological polar surface area (TPSA) is 128 Å². The van der Waals surface area contributed by atoms with Crippen molar-refractivity contribution in [2.45, 2.75) is 31.8 Å². The van der Waals surface area contributed by atoms with E-state index in [2.05, 4.69) is 10.6 Å². The number of carbonyl (C=O) groups excluding carboxylic acids is 3. The fourth-order valence-corrected chi connectivity index (χ4v) is 5.71. The van der Waals surface area contributed by atoms with Crippen LogP contribution >= 0.6 is 0 Å². The van der Waals surface area contributed by atoms with Gasteiger partial charge in [-0.15, -0.1) is 0 Å². The molecular weight excluding hydrogens is 438 g/mol. The van der Waals surface area contributed by atoms with E-state index >= 15 is 0 Å². The molecule has 34 heavy (non-hydrogen) atoms. The molecule has 3 amide bonds. The van der Waals surface area contributed by atoms with Crippen LogP contribution in [0.2, 0.25) is 0 Å². The van der Waals surface area contributed by atoms with Gasteiger partial charge in [0.1, 0.15) is 5.54 Å². The lowest BCUT2D eigenvalue weighted by molar-refractivity contribution is -0.143. The zero-order valence-corrected chi connectivity index (χ0v) is 19.2. The Labute approximate surface area is 196 Å². The summed E-state index contributed by atoms with van der Waals surface area (Å²) in [6.07, 6.45) is 0.279. The quantitative estimate of drug-likeness (QED) is 0.387. The molecule has 1 spiro atoms. The maximum atomic E-state index is 13.6. The van der Waals surface area contributed by atoms with Gasteiger partial charge in [-0.2, -0.15) is 0 Å². The van der Waals surface area contributed by atoms with Crippen LogP contribution in [0.4, 0.5) is 5.69 Å². The number of nitrogens with one attached hydrogen (secondary N) is 2. The van der Waals surface area contributed by atoms with Crippen molar-refractivity contribution in [2.24, 2.45) is 11.8 Å². The number of fused-ring (bicyclic) bond motifs is 4. The average molecular weight is 466 g/mol. The molecule has 3 aliphatic rings. The molecule has 9 heteroatoms. The van der Waals surface area contributed by atoms with E-state index in [1.165, 1.54) is 24.1 Å². The summed E-state index contributed by atoms with van der Waals surface area (Å²) >= 11 is 0. The minimum absolute atomic E-state index is 0.116. The van der Waals surface area contributed by atoms with E-state index in [-0.39, 0.29) is 42.9 Å². The Kier molecular flexibility index (Phi) is 5.14. The fraction of sp³-hybridized carbons (Fsp3) is 0.400. The van der Waals surface area contributed by atoms with Gasteiger partial charge in [0.25, 0.3) is 0 Å². The van der Waals surface area contributed by atoms with Crippen LogP contribution < -0.4 is 10.6 Å². The molecule has 178 valence electrons. The van der Waals surface area contributed by atoms with Gasteiger partial charge < -0.3 is 20.3 Å². The fourth-order valence-electron chi connectivity index (χ4n) is 5.71. The Balaban J connectivity index is 1.62. The molecule has 2 fully saturated rings. The highest BCUT2D eigenvalue weighted by Gasteiger charge is 2.70. The number of likely N-dealkylation sites (tertiary alicyclic amines) is 1. The number of phenols is 2. The Bertz CT molecular complexity index is 1230. The summed E-state index contributed by atoms with van der Waals surface area (Å²) in [6.45, 7) is 4.19. The summed E-state index contributed by atoms with van der Waals surface area (Å²) in [5, 5.41) is 26.0. The lowest BCUT2D eigenvalue weighted by Crippen LogP contribution is -2.53. The number of imide groups is 1. The number of aromatic hydroxyl groups is 2. The molecule has 4 N–H and O–H groups in total. The SMILES string of the molecule is COCCN1C(=O)[C@H]2[C@@H](C1=O)[C@]1(N[C@@H]2Cc2ccc(O)c(O)c2)C(=O)Nc2c1ccc(C)c2C. The van der Waals surface area contributed by atoms with Gasteiger partial charge in [0.2, 0.25) is 17.7 Å². The Morgan fingerprint density at radius 3 is 2.53 bits per heavy atom. The van der Waals surface area contributed by atoms with Crippen molar-refractivity contribution in [3.8, 4) is 11.5 Å². The van der Waals surface area contributed by atoms with Gasteiger partial charge in [0.05, 0.1) is 25.0 Å². The highest BCUT2D eigenvalue weighted by atomic mass is 16.5. The predicted octanol–water partition coefficient (Wildman–Crippen LogP) is 1.32. The van der Waals surface area contributed by atoms with E-state index in [4.69, 9.17) is 4.74 Å². The molecule has 9 nitrogen and oxygen atoms in total. The Morgan fingerprint density at radius 1 is 1.06 bits per heavy atom. The molecule has 0 aromatic heterocycles. The van der Waals surface area contributed by atoms with Crippen LogP contribution in [0.25, 0.3) is 0 Å². The van der Waals surface area contributed by atoms with Crippen molar-refractivity contribution in [1.82, 2.24) is 10.2 Å². The van der Waals surface area contributed by atoms with Crippen LogP contribution in [0.15, 0.2) is 30.3 Å². The number of hydrogen-bond acceptors (Lipinski definition) is 7. The molecule has 2 aromatic carbocycles. The Morgan fingerprint density at radius 2 is 1.82 bits per heavy atom. The molecule has 4 atom stereocenters. The number of phenolic OH excluding ortho intramolecular Hbond substituents is 2.